The molecule has 3 aromatic carbocycles. The van der Waals surface area contributed by atoms with E-state index in [1.165, 1.54) is 22.3 Å². The maximum absolute atomic E-state index is 9.99. The van der Waals surface area contributed by atoms with Gasteiger partial charge >= 0.3 is 128 Å². The van der Waals surface area contributed by atoms with E-state index in [1.807, 2.05) is 44.2 Å². The second-order valence-corrected chi connectivity index (χ2v) is 11.3. The Morgan fingerprint density at radius 3 is 2.10 bits per heavy atom. The fourth-order valence-corrected chi connectivity index (χ4v) is 4.90. The Morgan fingerprint density at radius 1 is 0.900 bits per heavy atom. The first-order valence-corrected chi connectivity index (χ1v) is 15.1. The molecule has 0 aromatic heterocycles. The molecule has 5 heteroatoms. The van der Waals surface area contributed by atoms with Gasteiger partial charge in [-0.25, -0.2) is 0 Å². The number of benzene rings is 3. The van der Waals surface area contributed by atoms with Crippen LogP contribution < -0.4 is 3.79 Å². The Labute approximate surface area is 249 Å². The zero-order valence-electron chi connectivity index (χ0n) is 25.2. The molecule has 0 bridgehead atoms. The third-order valence-electron chi connectivity index (χ3n) is 6.38. The van der Waals surface area contributed by atoms with Gasteiger partial charge in [-0.3, -0.25) is 4.90 Å². The van der Waals surface area contributed by atoms with Gasteiger partial charge in [0.25, 0.3) is 0 Å². The average molecular weight is 554 g/mol. The first kappa shape index (κ1) is 33.1. The summed E-state index contributed by atoms with van der Waals surface area (Å²) in [6, 6.07) is 27.3. The summed E-state index contributed by atoms with van der Waals surface area (Å²) in [6.07, 6.45) is 8.45. The van der Waals surface area contributed by atoms with Crippen molar-refractivity contribution in [2.75, 3.05) is 20.1 Å². The molecule has 4 nitrogen and oxygen atoms in total. The molecule has 0 spiro atoms. The van der Waals surface area contributed by atoms with Gasteiger partial charge in [-0.1, -0.05) is 55.5 Å². The molecule has 3 rings (SSSR count). The van der Waals surface area contributed by atoms with Gasteiger partial charge in [-0.05, 0) is 37.6 Å². The minimum Gasteiger partial charge on any atom is -0.508 e. The molecule has 0 aliphatic heterocycles. The largest absolute Gasteiger partial charge is 0.508 e. The van der Waals surface area contributed by atoms with E-state index in [4.69, 9.17) is 3.79 Å². The summed E-state index contributed by atoms with van der Waals surface area (Å²) in [5.74, 6) is 1.39. The molecule has 1 N–H and O–H groups in total. The van der Waals surface area contributed by atoms with E-state index in [-0.39, 0.29) is 15.8 Å². The number of hydrogen-bond donors (Lipinski definition) is 1. The number of aryl methyl sites for hydroxylation is 2. The average Bonchev–Trinajstić information content (AvgIpc) is 2.97. The molecule has 40 heavy (non-hydrogen) atoms. The van der Waals surface area contributed by atoms with Crippen molar-refractivity contribution in [2.24, 2.45) is 0 Å². The first-order chi connectivity index (χ1) is 19.4. The summed E-state index contributed by atoms with van der Waals surface area (Å²) in [6.45, 7) is 13.9. The van der Waals surface area contributed by atoms with Crippen molar-refractivity contribution in [3.05, 3.63) is 137 Å². The molecule has 0 aliphatic carbocycles. The van der Waals surface area contributed by atoms with Crippen LogP contribution in [-0.2, 0) is 19.5 Å². The van der Waals surface area contributed by atoms with Gasteiger partial charge in [-0.15, -0.1) is 0 Å². The fraction of sp³-hybridized carbons (Fsp3) is 0.314. The molecule has 0 saturated heterocycles. The molecule has 0 saturated carbocycles. The summed E-state index contributed by atoms with van der Waals surface area (Å²) < 4.78 is 8.28. The van der Waals surface area contributed by atoms with Crippen molar-refractivity contribution in [1.82, 2.24) is 8.78 Å². The van der Waals surface area contributed by atoms with E-state index in [0.717, 1.165) is 43.9 Å². The van der Waals surface area contributed by atoms with E-state index in [0.29, 0.717) is 5.76 Å². The Hall–Kier alpha value is -3.07. The van der Waals surface area contributed by atoms with Crippen LogP contribution in [0.3, 0.4) is 0 Å². The van der Waals surface area contributed by atoms with Crippen molar-refractivity contribution in [1.29, 1.82) is 0 Å². The fourth-order valence-electron chi connectivity index (χ4n) is 4.09. The zero-order chi connectivity index (χ0) is 29.2. The molecule has 0 unspecified atom stereocenters. The van der Waals surface area contributed by atoms with Crippen LogP contribution in [0.5, 0.6) is 5.75 Å². The van der Waals surface area contributed by atoms with E-state index in [9.17, 15) is 5.11 Å². The van der Waals surface area contributed by atoms with Crippen LogP contribution >= 0.6 is 0 Å². The van der Waals surface area contributed by atoms with Gasteiger partial charge < -0.3 is 5.11 Å². The minimum atomic E-state index is -0.189. The minimum absolute atomic E-state index is 0.189. The van der Waals surface area contributed by atoms with Crippen LogP contribution in [0.15, 0.2) is 114 Å². The number of aliphatic hydroxyl groups is 1. The number of rotatable bonds is 13. The van der Waals surface area contributed by atoms with Gasteiger partial charge in [-0.2, -0.15) is 0 Å². The van der Waals surface area contributed by atoms with Gasteiger partial charge in [0.05, 0.1) is 0 Å². The molecular formula is C35H46AlN2O2+. The number of hydrogen-bond acceptors (Lipinski definition) is 4. The van der Waals surface area contributed by atoms with E-state index < -0.39 is 0 Å². The third kappa shape index (κ3) is 12.9. The zero-order valence-corrected chi connectivity index (χ0v) is 26.3. The van der Waals surface area contributed by atoms with Gasteiger partial charge in [0.1, 0.15) is 5.76 Å². The molecule has 0 radical (unpaired) electrons. The standard InChI is InChI=1S/C18H25NO.C9H12O.C8H10N.Al/c1-4-6-8-13-18(20)16(3)14-19(5-2)15-17-11-9-7-10-12-17;1-3-8-6-7(2)4-5-9(8)10;1-9-7-8-5-3-2-4-6-8;/h4,6-13,20H,5,14-15H2,1-3H3;4-6,10H,3H2,1-2H3;2-6H,7H2,1H3;/q;;-1;+3/p-1/b6-4-,13-8-,18-16-;;;. The van der Waals surface area contributed by atoms with Crippen LogP contribution in [0.2, 0.25) is 0 Å². The Balaban J connectivity index is 0.000000280. The SMILES string of the molecule is CCc1cc(C)ccc1[O][Al+][N](C)Cc1ccccc1.C\C=C/C=C\C(O)=C(/C)CN(CC)Cc1ccccc1. The van der Waals surface area contributed by atoms with Gasteiger partial charge in [0.15, 0.2) is 0 Å². The van der Waals surface area contributed by atoms with Crippen molar-refractivity contribution < 1.29 is 8.90 Å². The van der Waals surface area contributed by atoms with Crippen molar-refractivity contribution in [3.8, 4) is 5.75 Å². The molecular weight excluding hydrogens is 507 g/mol. The summed E-state index contributed by atoms with van der Waals surface area (Å²) in [4.78, 5) is 2.31. The molecule has 0 atom stereocenters. The van der Waals surface area contributed by atoms with Crippen LogP contribution in [0.4, 0.5) is 0 Å². The quantitative estimate of drug-likeness (QED) is 0.132. The Bertz CT molecular complexity index is 1210. The predicted molar refractivity (Wildman–Crippen MR) is 172 cm³/mol. The van der Waals surface area contributed by atoms with Crippen LogP contribution in [0.1, 0.15) is 49.9 Å². The second kappa shape index (κ2) is 19.1. The maximum atomic E-state index is 9.99. The van der Waals surface area contributed by atoms with E-state index in [2.05, 4.69) is 103 Å². The number of aliphatic hydroxyl groups excluding tert-OH is 1. The van der Waals surface area contributed by atoms with Crippen LogP contribution in [0, 0.1) is 6.92 Å². The smallest absolute Gasteiger partial charge is 0.115 e. The van der Waals surface area contributed by atoms with Crippen molar-refractivity contribution in [3.63, 3.8) is 0 Å². The van der Waals surface area contributed by atoms with E-state index >= 15 is 0 Å². The normalized spacial score (nSPS) is 11.9. The summed E-state index contributed by atoms with van der Waals surface area (Å²) >= 11 is -0.189. The Morgan fingerprint density at radius 2 is 1.52 bits per heavy atom. The van der Waals surface area contributed by atoms with E-state index in [1.54, 1.807) is 6.08 Å². The number of likely N-dealkylation sites (N-methyl/N-ethyl adjacent to an activating group) is 1. The van der Waals surface area contributed by atoms with Crippen LogP contribution in [0.25, 0.3) is 0 Å². The topological polar surface area (TPSA) is 35.9 Å². The monoisotopic (exact) mass is 553 g/mol. The van der Waals surface area contributed by atoms with Crippen molar-refractivity contribution >= 4 is 15.8 Å². The molecule has 0 aliphatic rings. The Kier molecular flexibility index (Phi) is 15.8. The summed E-state index contributed by atoms with van der Waals surface area (Å²) in [5.41, 5.74) is 6.20. The third-order valence-corrected chi connectivity index (χ3v) is 7.29. The molecule has 0 heterocycles. The van der Waals surface area contributed by atoms with Crippen molar-refractivity contribution in [2.45, 2.75) is 54.1 Å². The molecule has 210 valence electrons. The van der Waals surface area contributed by atoms with Gasteiger partial charge in [0, 0.05) is 13.1 Å². The molecule has 0 amide bonds. The predicted octanol–water partition coefficient (Wildman–Crippen LogP) is 8.08. The van der Waals surface area contributed by atoms with Gasteiger partial charge in [0.2, 0.25) is 0 Å². The molecule has 0 fully saturated rings. The summed E-state index contributed by atoms with van der Waals surface area (Å²) in [7, 11) is 2.11. The number of nitrogens with zero attached hydrogens (tertiary/aromatic N) is 2. The first-order valence-electron chi connectivity index (χ1n) is 14.1. The molecule has 3 aromatic rings. The maximum Gasteiger partial charge on any atom is 0.115 e. The van der Waals surface area contributed by atoms with Crippen LogP contribution in [-0.4, -0.2) is 49.8 Å². The second-order valence-electron chi connectivity index (χ2n) is 9.93. The summed E-state index contributed by atoms with van der Waals surface area (Å²) in [5, 5.41) is 9.99. The number of allylic oxidation sites excluding steroid dienone is 4.